The molecule has 1 heterocycles. The van der Waals surface area contributed by atoms with Crippen LogP contribution in [0.25, 0.3) is 0 Å². The van der Waals surface area contributed by atoms with Crippen molar-refractivity contribution in [3.8, 4) is 0 Å². The smallest absolute Gasteiger partial charge is 0.480 e. The van der Waals surface area contributed by atoms with E-state index in [-0.39, 0.29) is 12.8 Å². The van der Waals surface area contributed by atoms with E-state index in [4.69, 9.17) is 20.1 Å². The van der Waals surface area contributed by atoms with Crippen molar-refractivity contribution >= 4 is 23.8 Å². The lowest BCUT2D eigenvalue weighted by Crippen LogP contribution is -2.41. The summed E-state index contributed by atoms with van der Waals surface area (Å²) in [6.45, 7) is -0.532. The number of alkyl halides is 3. The van der Waals surface area contributed by atoms with Gasteiger partial charge in [-0.1, -0.05) is 0 Å². The van der Waals surface area contributed by atoms with Crippen molar-refractivity contribution < 1.29 is 47.7 Å². The molecule has 1 aliphatic rings. The van der Waals surface area contributed by atoms with Gasteiger partial charge in [-0.3, -0.25) is 9.59 Å². The first-order chi connectivity index (χ1) is 8.96. The van der Waals surface area contributed by atoms with Crippen LogP contribution < -0.4 is 0 Å². The minimum Gasteiger partial charge on any atom is -0.480 e. The molecule has 20 heavy (non-hydrogen) atoms. The molecule has 1 fully saturated rings. The highest BCUT2D eigenvalue weighted by atomic mass is 19.4. The Bertz CT molecular complexity index is 420. The molecule has 0 radical (unpaired) electrons. The van der Waals surface area contributed by atoms with E-state index in [1.54, 1.807) is 0 Å². The average Bonchev–Trinajstić information content (AvgIpc) is 2.59. The van der Waals surface area contributed by atoms with Gasteiger partial charge in [0.15, 0.2) is 0 Å². The van der Waals surface area contributed by atoms with Gasteiger partial charge in [0.05, 0.1) is 0 Å². The Kier molecular flexibility index (Phi) is 5.94. The van der Waals surface area contributed by atoms with Gasteiger partial charge in [-0.05, 0) is 6.42 Å². The third-order valence-electron chi connectivity index (χ3n) is 2.16. The predicted octanol–water partition coefficient (Wildman–Crippen LogP) is -0.220. The van der Waals surface area contributed by atoms with Crippen molar-refractivity contribution in [1.82, 2.24) is 4.90 Å². The van der Waals surface area contributed by atoms with Crippen LogP contribution in [0.15, 0.2) is 0 Å². The highest BCUT2D eigenvalue weighted by molar-refractivity contribution is 5.89. The molecule has 114 valence electrons. The molecular formula is C9H10F3NO7. The summed E-state index contributed by atoms with van der Waals surface area (Å²) in [6, 6.07) is -0.969. The van der Waals surface area contributed by atoms with Crippen LogP contribution in [0, 0.1) is 0 Å². The number of rotatable bonds is 3. The van der Waals surface area contributed by atoms with E-state index >= 15 is 0 Å². The Morgan fingerprint density at radius 2 is 1.65 bits per heavy atom. The van der Waals surface area contributed by atoms with Crippen LogP contribution in [-0.4, -0.2) is 62.8 Å². The van der Waals surface area contributed by atoms with Crippen molar-refractivity contribution in [3.05, 3.63) is 0 Å². The molecule has 0 aromatic carbocycles. The standard InChI is InChI=1S/C7H9NO5.C2HF3O2/c9-5-2-1-4(7(12)13)8(5)3-6(10)11;3-2(4,5)1(6)7/h4H,1-3H2,(H,10,11)(H,12,13);(H,6,7)/t4-;/m0./s1. The monoisotopic (exact) mass is 301 g/mol. The van der Waals surface area contributed by atoms with Gasteiger partial charge in [-0.15, -0.1) is 0 Å². The quantitative estimate of drug-likeness (QED) is 0.656. The van der Waals surface area contributed by atoms with E-state index in [2.05, 4.69) is 0 Å². The first-order valence-electron chi connectivity index (χ1n) is 5.01. The molecule has 0 spiro atoms. The number of carboxylic acid groups (broad SMARTS) is 3. The largest absolute Gasteiger partial charge is 0.490 e. The number of carbonyl (C=O) groups is 4. The third kappa shape index (κ3) is 5.54. The van der Waals surface area contributed by atoms with Crippen LogP contribution in [0.1, 0.15) is 12.8 Å². The highest BCUT2D eigenvalue weighted by Crippen LogP contribution is 2.18. The minimum absolute atomic E-state index is 0.115. The minimum atomic E-state index is -5.08. The first kappa shape index (κ1) is 17.7. The molecule has 0 saturated carbocycles. The molecular weight excluding hydrogens is 291 g/mol. The molecule has 0 aliphatic carbocycles. The lowest BCUT2D eigenvalue weighted by Gasteiger charge is -2.18. The Balaban J connectivity index is 0.000000441. The summed E-state index contributed by atoms with van der Waals surface area (Å²) in [5.41, 5.74) is 0. The van der Waals surface area contributed by atoms with E-state index < -0.39 is 42.6 Å². The molecule has 0 aromatic heterocycles. The second-order valence-corrected chi connectivity index (χ2v) is 3.61. The Labute approximate surface area is 109 Å². The predicted molar refractivity (Wildman–Crippen MR) is 53.7 cm³/mol. The Hall–Kier alpha value is -2.33. The number of aliphatic carboxylic acids is 3. The molecule has 1 saturated heterocycles. The lowest BCUT2D eigenvalue weighted by molar-refractivity contribution is -0.192. The molecule has 1 amide bonds. The lowest BCUT2D eigenvalue weighted by atomic mass is 10.2. The van der Waals surface area contributed by atoms with E-state index in [0.29, 0.717) is 0 Å². The van der Waals surface area contributed by atoms with Crippen LogP contribution in [0.3, 0.4) is 0 Å². The van der Waals surface area contributed by atoms with E-state index in [1.165, 1.54) is 0 Å². The molecule has 0 bridgehead atoms. The number of hydrogen-bond acceptors (Lipinski definition) is 4. The molecule has 3 N–H and O–H groups in total. The summed E-state index contributed by atoms with van der Waals surface area (Å²) in [5.74, 6) is -5.50. The Morgan fingerprint density at radius 1 is 1.20 bits per heavy atom. The topological polar surface area (TPSA) is 132 Å². The van der Waals surface area contributed by atoms with Gasteiger partial charge in [-0.2, -0.15) is 13.2 Å². The van der Waals surface area contributed by atoms with Crippen molar-refractivity contribution in [2.75, 3.05) is 6.54 Å². The molecule has 1 atom stereocenters. The van der Waals surface area contributed by atoms with Crippen molar-refractivity contribution in [2.24, 2.45) is 0 Å². The van der Waals surface area contributed by atoms with Crippen molar-refractivity contribution in [2.45, 2.75) is 25.1 Å². The maximum Gasteiger partial charge on any atom is 0.490 e. The van der Waals surface area contributed by atoms with Gasteiger partial charge >= 0.3 is 24.1 Å². The number of hydrogen-bond donors (Lipinski definition) is 3. The maximum absolute atomic E-state index is 11.0. The molecule has 11 heteroatoms. The zero-order valence-corrected chi connectivity index (χ0v) is 9.75. The summed E-state index contributed by atoms with van der Waals surface area (Å²) >= 11 is 0. The van der Waals surface area contributed by atoms with Gasteiger partial charge in [0.1, 0.15) is 12.6 Å². The number of halogens is 3. The van der Waals surface area contributed by atoms with Gasteiger partial charge in [0.25, 0.3) is 0 Å². The van der Waals surface area contributed by atoms with Gasteiger partial charge in [0, 0.05) is 6.42 Å². The second kappa shape index (κ2) is 6.73. The van der Waals surface area contributed by atoms with Crippen LogP contribution in [0.4, 0.5) is 13.2 Å². The molecule has 0 unspecified atom stereocenters. The van der Waals surface area contributed by atoms with E-state index in [9.17, 15) is 27.6 Å². The molecule has 1 rings (SSSR count). The fraction of sp³-hybridized carbons (Fsp3) is 0.556. The fourth-order valence-electron chi connectivity index (χ4n) is 1.33. The van der Waals surface area contributed by atoms with E-state index in [0.717, 1.165) is 4.90 Å². The zero-order chi connectivity index (χ0) is 16.1. The summed E-state index contributed by atoms with van der Waals surface area (Å²) < 4.78 is 31.7. The number of likely N-dealkylation sites (tertiary alicyclic amines) is 1. The fourth-order valence-corrected chi connectivity index (χ4v) is 1.33. The highest BCUT2D eigenvalue weighted by Gasteiger charge is 2.38. The van der Waals surface area contributed by atoms with Gasteiger partial charge in [-0.25, -0.2) is 9.59 Å². The van der Waals surface area contributed by atoms with Crippen molar-refractivity contribution in [3.63, 3.8) is 0 Å². The van der Waals surface area contributed by atoms with E-state index in [1.807, 2.05) is 0 Å². The number of nitrogens with zero attached hydrogens (tertiary/aromatic N) is 1. The molecule has 1 aliphatic heterocycles. The van der Waals surface area contributed by atoms with Crippen LogP contribution in [0.5, 0.6) is 0 Å². The van der Waals surface area contributed by atoms with Crippen molar-refractivity contribution in [1.29, 1.82) is 0 Å². The van der Waals surface area contributed by atoms with Crippen LogP contribution >= 0.6 is 0 Å². The normalized spacial score (nSPS) is 18.2. The molecule has 0 aromatic rings. The number of amides is 1. The summed E-state index contributed by atoms with van der Waals surface area (Å²) in [7, 11) is 0. The SMILES string of the molecule is O=C(O)C(F)(F)F.O=C(O)CN1C(=O)CC[C@H]1C(=O)O. The maximum atomic E-state index is 11.0. The summed E-state index contributed by atoms with van der Waals surface area (Å²) in [5, 5.41) is 24.2. The zero-order valence-electron chi connectivity index (χ0n) is 9.75. The third-order valence-corrected chi connectivity index (χ3v) is 2.16. The van der Waals surface area contributed by atoms with Crippen LogP contribution in [0.2, 0.25) is 0 Å². The summed E-state index contributed by atoms with van der Waals surface area (Å²) in [6.07, 6.45) is -4.77. The van der Waals surface area contributed by atoms with Gasteiger partial charge < -0.3 is 20.2 Å². The second-order valence-electron chi connectivity index (χ2n) is 3.61. The number of carbonyl (C=O) groups excluding carboxylic acids is 1. The molecule has 8 nitrogen and oxygen atoms in total. The number of carboxylic acids is 3. The van der Waals surface area contributed by atoms with Crippen LogP contribution in [-0.2, 0) is 19.2 Å². The first-order valence-corrected chi connectivity index (χ1v) is 5.01. The average molecular weight is 301 g/mol. The van der Waals surface area contributed by atoms with Gasteiger partial charge in [0.2, 0.25) is 5.91 Å². The Morgan fingerprint density at radius 3 is 1.95 bits per heavy atom. The summed E-state index contributed by atoms with van der Waals surface area (Å²) in [4.78, 5) is 41.6.